The van der Waals surface area contributed by atoms with Gasteiger partial charge in [-0.3, -0.25) is 9.69 Å². The molecule has 0 atom stereocenters. The van der Waals surface area contributed by atoms with Crippen molar-refractivity contribution in [2.45, 2.75) is 20.8 Å². The highest BCUT2D eigenvalue weighted by molar-refractivity contribution is 6.09. The molecule has 4 aromatic carbocycles. The monoisotopic (exact) mass is 539 g/mol. The van der Waals surface area contributed by atoms with Crippen LogP contribution in [0.1, 0.15) is 47.8 Å². The molecule has 0 aliphatic heterocycles. The Hall–Kier alpha value is -5.36. The number of nitrogens with zero attached hydrogens (tertiary/aromatic N) is 3. The fourth-order valence-corrected chi connectivity index (χ4v) is 4.64. The lowest BCUT2D eigenvalue weighted by molar-refractivity contribution is -0.140. The third-order valence-electron chi connectivity index (χ3n) is 6.72. The molecule has 0 fully saturated rings. The van der Waals surface area contributed by atoms with Gasteiger partial charge in [0.25, 0.3) is 0 Å². The molecule has 6 nitrogen and oxygen atoms in total. The number of carbonyl (C=O) groups is 2. The molecule has 0 spiro atoms. The van der Waals surface area contributed by atoms with Crippen molar-refractivity contribution in [3.05, 3.63) is 138 Å². The van der Waals surface area contributed by atoms with Crippen molar-refractivity contribution in [1.82, 2.24) is 4.98 Å². The van der Waals surface area contributed by atoms with Crippen LogP contribution in [0.2, 0.25) is 0 Å². The number of rotatable bonds is 8. The van der Waals surface area contributed by atoms with Gasteiger partial charge in [-0.25, -0.2) is 9.78 Å². The standard InChI is InChI=1S/C35H29N3O3/c1-23(2)33-22-36-35(32-13-9-8-12-31(32)33)38(29-18-14-26(15-19-29)24(3)37-41-25(4)39)30-20-16-28(17-21-30)34(40)27-10-6-5-7-11-27/h5-22H,1H2,2-4H3/b37-24-. The first-order valence-corrected chi connectivity index (χ1v) is 13.2. The molecule has 5 rings (SSSR count). The highest BCUT2D eigenvalue weighted by Crippen LogP contribution is 2.39. The Balaban J connectivity index is 1.62. The fraction of sp³-hybridized carbons (Fsp3) is 0.0857. The second kappa shape index (κ2) is 11.8. The Kier molecular flexibility index (Phi) is 7.83. The molecule has 0 aliphatic carbocycles. The van der Waals surface area contributed by atoms with E-state index in [-0.39, 0.29) is 5.78 Å². The van der Waals surface area contributed by atoms with Crippen LogP contribution in [0.5, 0.6) is 0 Å². The number of hydrogen-bond acceptors (Lipinski definition) is 6. The van der Waals surface area contributed by atoms with Crippen LogP contribution in [0.3, 0.4) is 0 Å². The molecule has 0 aliphatic rings. The molecule has 5 aromatic rings. The summed E-state index contributed by atoms with van der Waals surface area (Å²) >= 11 is 0. The van der Waals surface area contributed by atoms with Crippen molar-refractivity contribution in [1.29, 1.82) is 0 Å². The van der Waals surface area contributed by atoms with E-state index in [0.29, 0.717) is 16.8 Å². The first kappa shape index (κ1) is 27.2. The number of ketones is 1. The minimum absolute atomic E-state index is 0.0371. The number of allylic oxidation sites excluding steroid dienone is 1. The lowest BCUT2D eigenvalue weighted by Crippen LogP contribution is -2.13. The van der Waals surface area contributed by atoms with Gasteiger partial charge in [0.2, 0.25) is 0 Å². The molecule has 1 heterocycles. The number of pyridine rings is 1. The van der Waals surface area contributed by atoms with Crippen LogP contribution < -0.4 is 4.90 Å². The van der Waals surface area contributed by atoms with Gasteiger partial charge in [-0.15, -0.1) is 0 Å². The van der Waals surface area contributed by atoms with Gasteiger partial charge < -0.3 is 4.84 Å². The quantitative estimate of drug-likeness (QED) is 0.0859. The topological polar surface area (TPSA) is 71.9 Å². The Morgan fingerprint density at radius 3 is 1.83 bits per heavy atom. The highest BCUT2D eigenvalue weighted by atomic mass is 16.7. The lowest BCUT2D eigenvalue weighted by Gasteiger charge is -2.26. The van der Waals surface area contributed by atoms with Gasteiger partial charge in [-0.1, -0.05) is 78.5 Å². The van der Waals surface area contributed by atoms with E-state index in [1.807, 2.05) is 104 Å². The summed E-state index contributed by atoms with van der Waals surface area (Å²) in [4.78, 5) is 36.0. The number of carbonyl (C=O) groups excluding carboxylic acids is 2. The van der Waals surface area contributed by atoms with Crippen LogP contribution >= 0.6 is 0 Å². The lowest BCUT2D eigenvalue weighted by atomic mass is 10.0. The summed E-state index contributed by atoms with van der Waals surface area (Å²) in [5, 5.41) is 5.92. The maximum atomic E-state index is 13.1. The van der Waals surface area contributed by atoms with Crippen molar-refractivity contribution >= 4 is 51.0 Å². The highest BCUT2D eigenvalue weighted by Gasteiger charge is 2.19. The largest absolute Gasteiger partial charge is 0.331 e. The molecule has 0 radical (unpaired) electrons. The first-order valence-electron chi connectivity index (χ1n) is 13.2. The van der Waals surface area contributed by atoms with E-state index in [9.17, 15) is 9.59 Å². The van der Waals surface area contributed by atoms with Gasteiger partial charge >= 0.3 is 5.97 Å². The first-order chi connectivity index (χ1) is 19.8. The molecular formula is C35H29N3O3. The zero-order valence-electron chi connectivity index (χ0n) is 23.2. The predicted molar refractivity (Wildman–Crippen MR) is 165 cm³/mol. The average Bonchev–Trinajstić information content (AvgIpc) is 3.00. The molecule has 41 heavy (non-hydrogen) atoms. The number of anilines is 3. The van der Waals surface area contributed by atoms with E-state index in [2.05, 4.69) is 28.8 Å². The van der Waals surface area contributed by atoms with Gasteiger partial charge in [-0.05, 0) is 66.8 Å². The summed E-state index contributed by atoms with van der Waals surface area (Å²) in [7, 11) is 0. The maximum absolute atomic E-state index is 13.1. The van der Waals surface area contributed by atoms with Crippen LogP contribution in [0.25, 0.3) is 16.3 Å². The number of aromatic nitrogens is 1. The normalized spacial score (nSPS) is 11.2. The zero-order chi connectivity index (χ0) is 28.9. The minimum Gasteiger partial charge on any atom is -0.318 e. The Morgan fingerprint density at radius 2 is 1.24 bits per heavy atom. The summed E-state index contributed by atoms with van der Waals surface area (Å²) in [5.41, 5.74) is 6.25. The van der Waals surface area contributed by atoms with Crippen LogP contribution in [-0.2, 0) is 9.63 Å². The maximum Gasteiger partial charge on any atom is 0.331 e. The van der Waals surface area contributed by atoms with Gasteiger partial charge in [0, 0.05) is 46.6 Å². The summed E-state index contributed by atoms with van der Waals surface area (Å²) in [6, 6.07) is 32.7. The number of fused-ring (bicyclic) bond motifs is 1. The van der Waals surface area contributed by atoms with Gasteiger partial charge in [0.1, 0.15) is 5.82 Å². The van der Waals surface area contributed by atoms with E-state index in [1.165, 1.54) is 6.92 Å². The molecule has 0 saturated heterocycles. The molecule has 0 N–H and O–H groups in total. The molecule has 0 amide bonds. The number of hydrogen-bond donors (Lipinski definition) is 0. The second-order valence-electron chi connectivity index (χ2n) is 9.71. The van der Waals surface area contributed by atoms with Crippen LogP contribution in [-0.4, -0.2) is 22.4 Å². The molecule has 0 saturated carbocycles. The van der Waals surface area contributed by atoms with Crippen LogP contribution in [0, 0.1) is 0 Å². The molecule has 1 aromatic heterocycles. The van der Waals surface area contributed by atoms with E-state index in [4.69, 9.17) is 9.82 Å². The Labute approximate surface area is 239 Å². The SMILES string of the molecule is C=C(C)c1cnc(N(c2ccc(C(=O)c3ccccc3)cc2)c2ccc(/C(C)=N\OC(C)=O)cc2)c2ccccc12. The number of oxime groups is 1. The summed E-state index contributed by atoms with van der Waals surface area (Å²) in [6.45, 7) is 9.21. The van der Waals surface area contributed by atoms with Crippen molar-refractivity contribution in [3.63, 3.8) is 0 Å². The molecule has 0 bridgehead atoms. The fourth-order valence-electron chi connectivity index (χ4n) is 4.64. The summed E-state index contributed by atoms with van der Waals surface area (Å²) in [6.07, 6.45) is 1.85. The van der Waals surface area contributed by atoms with Crippen LogP contribution in [0.4, 0.5) is 17.2 Å². The van der Waals surface area contributed by atoms with E-state index >= 15 is 0 Å². The summed E-state index contributed by atoms with van der Waals surface area (Å²) in [5.74, 6) is 0.230. The average molecular weight is 540 g/mol. The van der Waals surface area contributed by atoms with Crippen molar-refractivity contribution in [2.75, 3.05) is 4.90 Å². The van der Waals surface area contributed by atoms with E-state index in [1.54, 1.807) is 6.92 Å². The molecular weight excluding hydrogens is 510 g/mol. The third kappa shape index (κ3) is 5.82. The van der Waals surface area contributed by atoms with Crippen molar-refractivity contribution < 1.29 is 14.4 Å². The minimum atomic E-state index is -0.475. The van der Waals surface area contributed by atoms with Crippen molar-refractivity contribution in [3.8, 4) is 0 Å². The van der Waals surface area contributed by atoms with Crippen molar-refractivity contribution in [2.24, 2.45) is 5.16 Å². The molecule has 202 valence electrons. The van der Waals surface area contributed by atoms with Gasteiger partial charge in [-0.2, -0.15) is 0 Å². The van der Waals surface area contributed by atoms with E-state index < -0.39 is 5.97 Å². The van der Waals surface area contributed by atoms with Gasteiger partial charge in [0.05, 0.1) is 5.71 Å². The van der Waals surface area contributed by atoms with E-state index in [0.717, 1.165) is 44.7 Å². The second-order valence-corrected chi connectivity index (χ2v) is 9.71. The Morgan fingerprint density at radius 1 is 0.707 bits per heavy atom. The van der Waals surface area contributed by atoms with Gasteiger partial charge in [0.15, 0.2) is 5.78 Å². The summed E-state index contributed by atoms with van der Waals surface area (Å²) < 4.78 is 0. The number of benzene rings is 4. The van der Waals surface area contributed by atoms with Crippen LogP contribution in [0.15, 0.2) is 121 Å². The Bertz CT molecular complexity index is 1770. The third-order valence-corrected chi connectivity index (χ3v) is 6.72. The zero-order valence-corrected chi connectivity index (χ0v) is 23.2. The molecule has 6 heteroatoms. The smallest absolute Gasteiger partial charge is 0.318 e. The predicted octanol–water partition coefficient (Wildman–Crippen LogP) is 8.26. The molecule has 0 unspecified atom stereocenters.